The Morgan fingerprint density at radius 3 is 2.15 bits per heavy atom. The standard InChI is InChI=1S/C16H19ClN2.C4H4O4/c1-19(2)12-10-14(16-9-5-6-11-18-16)13-7-3-4-8-15(13)17;5-3(6)1-2-4(7)8/h3-9,11,14H,10,12H2,1-2H3;1-2H,(H,5,6)(H,7,8)/b;2-1-. The molecule has 0 saturated heterocycles. The molecule has 7 heteroatoms. The van der Waals surface area contributed by atoms with E-state index in [0.717, 1.165) is 29.2 Å². The van der Waals surface area contributed by atoms with Crippen LogP contribution in [0, 0.1) is 0 Å². The summed E-state index contributed by atoms with van der Waals surface area (Å²) < 4.78 is 0. The predicted octanol–water partition coefficient (Wildman–Crippen LogP) is 3.53. The first kappa shape index (κ1) is 22.3. The minimum Gasteiger partial charge on any atom is -0.478 e. The Hall–Kier alpha value is -2.70. The fourth-order valence-corrected chi connectivity index (χ4v) is 2.60. The zero-order valence-corrected chi connectivity index (χ0v) is 16.0. The van der Waals surface area contributed by atoms with Crippen molar-refractivity contribution in [3.63, 3.8) is 0 Å². The van der Waals surface area contributed by atoms with Gasteiger partial charge in [-0.25, -0.2) is 9.59 Å². The molecule has 0 spiro atoms. The van der Waals surface area contributed by atoms with Crippen molar-refractivity contribution in [1.82, 2.24) is 9.88 Å². The zero-order chi connectivity index (χ0) is 20.2. The normalized spacial score (nSPS) is 11.7. The number of pyridine rings is 1. The number of aromatic nitrogens is 1. The monoisotopic (exact) mass is 390 g/mol. The molecule has 0 aliphatic rings. The molecular weight excluding hydrogens is 368 g/mol. The molecule has 27 heavy (non-hydrogen) atoms. The largest absolute Gasteiger partial charge is 0.478 e. The van der Waals surface area contributed by atoms with Gasteiger partial charge in [-0.2, -0.15) is 0 Å². The SMILES string of the molecule is CN(C)CCC(c1ccccn1)c1ccccc1Cl.O=C(O)/C=C\C(=O)O. The Bertz CT molecular complexity index is 748. The molecule has 144 valence electrons. The number of carboxylic acids is 2. The first-order chi connectivity index (χ1) is 12.8. The Labute approximate surface area is 163 Å². The quantitative estimate of drug-likeness (QED) is 0.703. The number of nitrogens with zero attached hydrogens (tertiary/aromatic N) is 2. The molecule has 0 aliphatic carbocycles. The van der Waals surface area contributed by atoms with Crippen LogP contribution >= 0.6 is 11.6 Å². The minimum absolute atomic E-state index is 0.247. The number of aliphatic carboxylic acids is 2. The third kappa shape index (κ3) is 8.99. The van der Waals surface area contributed by atoms with Gasteiger partial charge in [-0.1, -0.05) is 35.9 Å². The molecular formula is C20H23ClN2O4. The number of halogens is 1. The predicted molar refractivity (Wildman–Crippen MR) is 105 cm³/mol. The topological polar surface area (TPSA) is 90.7 Å². The van der Waals surface area contributed by atoms with Crippen molar-refractivity contribution < 1.29 is 19.8 Å². The summed E-state index contributed by atoms with van der Waals surface area (Å²) >= 11 is 6.34. The summed E-state index contributed by atoms with van der Waals surface area (Å²) in [6, 6.07) is 14.1. The molecule has 6 nitrogen and oxygen atoms in total. The maximum Gasteiger partial charge on any atom is 0.328 e. The van der Waals surface area contributed by atoms with E-state index in [1.54, 1.807) is 0 Å². The lowest BCUT2D eigenvalue weighted by molar-refractivity contribution is -0.134. The van der Waals surface area contributed by atoms with Crippen molar-refractivity contribution >= 4 is 23.5 Å². The highest BCUT2D eigenvalue weighted by Crippen LogP contribution is 2.31. The van der Waals surface area contributed by atoms with Gasteiger partial charge in [-0.15, -0.1) is 0 Å². The first-order valence-electron chi connectivity index (χ1n) is 8.25. The van der Waals surface area contributed by atoms with Gasteiger partial charge in [0.15, 0.2) is 0 Å². The summed E-state index contributed by atoms with van der Waals surface area (Å²) in [7, 11) is 4.17. The fraction of sp³-hybridized carbons (Fsp3) is 0.250. The third-order valence-electron chi connectivity index (χ3n) is 3.56. The molecule has 0 radical (unpaired) electrons. The Morgan fingerprint density at radius 1 is 1.07 bits per heavy atom. The zero-order valence-electron chi connectivity index (χ0n) is 15.2. The maximum absolute atomic E-state index is 9.55. The van der Waals surface area contributed by atoms with Gasteiger partial charge >= 0.3 is 11.9 Å². The lowest BCUT2D eigenvalue weighted by atomic mass is 9.92. The van der Waals surface area contributed by atoms with E-state index < -0.39 is 11.9 Å². The Balaban J connectivity index is 0.000000387. The van der Waals surface area contributed by atoms with Crippen LogP contribution in [0.15, 0.2) is 60.8 Å². The van der Waals surface area contributed by atoms with E-state index in [4.69, 9.17) is 21.8 Å². The summed E-state index contributed by atoms with van der Waals surface area (Å²) in [6.45, 7) is 1.01. The average molecular weight is 391 g/mol. The van der Waals surface area contributed by atoms with Crippen molar-refractivity contribution in [3.8, 4) is 0 Å². The summed E-state index contributed by atoms with van der Waals surface area (Å²) in [5, 5.41) is 16.4. The van der Waals surface area contributed by atoms with E-state index in [9.17, 15) is 9.59 Å². The van der Waals surface area contributed by atoms with Crippen LogP contribution in [0.4, 0.5) is 0 Å². The van der Waals surface area contributed by atoms with E-state index in [2.05, 4.69) is 36.1 Å². The van der Waals surface area contributed by atoms with Gasteiger partial charge in [0, 0.05) is 35.0 Å². The molecule has 0 bridgehead atoms. The molecule has 0 fully saturated rings. The van der Waals surface area contributed by atoms with Gasteiger partial charge < -0.3 is 15.1 Å². The van der Waals surface area contributed by atoms with E-state index in [0.29, 0.717) is 12.2 Å². The third-order valence-corrected chi connectivity index (χ3v) is 3.90. The first-order valence-corrected chi connectivity index (χ1v) is 8.63. The van der Waals surface area contributed by atoms with Crippen LogP contribution in [0.1, 0.15) is 23.6 Å². The van der Waals surface area contributed by atoms with E-state index in [1.165, 1.54) is 0 Å². The van der Waals surface area contributed by atoms with E-state index in [-0.39, 0.29) is 5.92 Å². The highest BCUT2D eigenvalue weighted by atomic mass is 35.5. The maximum atomic E-state index is 9.55. The molecule has 0 amide bonds. The van der Waals surface area contributed by atoms with E-state index >= 15 is 0 Å². The highest BCUT2D eigenvalue weighted by molar-refractivity contribution is 6.31. The van der Waals surface area contributed by atoms with Gasteiger partial charge in [0.1, 0.15) is 0 Å². The second-order valence-corrected chi connectivity index (χ2v) is 6.34. The van der Waals surface area contributed by atoms with Crippen molar-refractivity contribution in [2.75, 3.05) is 20.6 Å². The number of carbonyl (C=O) groups is 2. The number of hydrogen-bond donors (Lipinski definition) is 2. The molecule has 1 atom stereocenters. The van der Waals surface area contributed by atoms with Crippen molar-refractivity contribution in [3.05, 3.63) is 77.1 Å². The molecule has 2 aromatic rings. The van der Waals surface area contributed by atoms with Crippen LogP contribution < -0.4 is 0 Å². The minimum atomic E-state index is -1.26. The van der Waals surface area contributed by atoms with Crippen LogP contribution in [0.25, 0.3) is 0 Å². The van der Waals surface area contributed by atoms with Gasteiger partial charge in [-0.05, 0) is 50.8 Å². The second kappa shape index (κ2) is 11.8. The molecule has 1 unspecified atom stereocenters. The molecule has 2 rings (SSSR count). The smallest absolute Gasteiger partial charge is 0.328 e. The number of hydrogen-bond acceptors (Lipinski definition) is 4. The number of rotatable bonds is 7. The van der Waals surface area contributed by atoms with Crippen molar-refractivity contribution in [2.24, 2.45) is 0 Å². The molecule has 1 heterocycles. The van der Waals surface area contributed by atoms with Gasteiger partial charge in [0.05, 0.1) is 0 Å². The lowest BCUT2D eigenvalue weighted by Gasteiger charge is -2.20. The van der Waals surface area contributed by atoms with Crippen molar-refractivity contribution in [2.45, 2.75) is 12.3 Å². The summed E-state index contributed by atoms with van der Waals surface area (Å²) in [5.74, 6) is -2.27. The highest BCUT2D eigenvalue weighted by Gasteiger charge is 2.17. The summed E-state index contributed by atoms with van der Waals surface area (Å²) in [6.07, 6.45) is 3.97. The summed E-state index contributed by atoms with van der Waals surface area (Å²) in [5.41, 5.74) is 2.24. The Morgan fingerprint density at radius 2 is 1.67 bits per heavy atom. The molecule has 2 N–H and O–H groups in total. The lowest BCUT2D eigenvalue weighted by Crippen LogP contribution is -2.17. The summed E-state index contributed by atoms with van der Waals surface area (Å²) in [4.78, 5) is 25.8. The number of carboxylic acid groups (broad SMARTS) is 2. The van der Waals surface area contributed by atoms with Gasteiger partial charge in [0.2, 0.25) is 0 Å². The number of benzene rings is 1. The van der Waals surface area contributed by atoms with Crippen LogP contribution in [0.3, 0.4) is 0 Å². The van der Waals surface area contributed by atoms with Crippen LogP contribution in [0.5, 0.6) is 0 Å². The molecule has 0 saturated carbocycles. The van der Waals surface area contributed by atoms with Crippen LogP contribution in [-0.4, -0.2) is 52.7 Å². The van der Waals surface area contributed by atoms with Crippen molar-refractivity contribution in [1.29, 1.82) is 0 Å². The fourth-order valence-electron chi connectivity index (χ4n) is 2.33. The van der Waals surface area contributed by atoms with E-state index in [1.807, 2.05) is 36.5 Å². The van der Waals surface area contributed by atoms with Crippen LogP contribution in [-0.2, 0) is 9.59 Å². The molecule has 1 aromatic carbocycles. The van der Waals surface area contributed by atoms with Gasteiger partial charge in [0.25, 0.3) is 0 Å². The molecule has 0 aliphatic heterocycles. The van der Waals surface area contributed by atoms with Crippen LogP contribution in [0.2, 0.25) is 5.02 Å². The second-order valence-electron chi connectivity index (χ2n) is 5.93. The Kier molecular flexibility index (Phi) is 9.79. The molecule has 1 aromatic heterocycles. The van der Waals surface area contributed by atoms with Gasteiger partial charge in [-0.3, -0.25) is 4.98 Å². The average Bonchev–Trinajstić information content (AvgIpc) is 2.63.